The molecule has 6 heteroatoms. The van der Waals surface area contributed by atoms with Gasteiger partial charge in [-0.05, 0) is 36.8 Å². The molecule has 0 unspecified atom stereocenters. The molecule has 0 spiro atoms. The molecule has 1 amide bonds. The zero-order chi connectivity index (χ0) is 18.3. The average molecular weight is 358 g/mol. The van der Waals surface area contributed by atoms with Gasteiger partial charge < -0.3 is 14.9 Å². The fraction of sp³-hybridized carbons (Fsp3) is 0.500. The molecule has 1 aromatic rings. The summed E-state index contributed by atoms with van der Waals surface area (Å²) in [5.74, 6) is -2.26. The monoisotopic (exact) mass is 358 g/mol. The summed E-state index contributed by atoms with van der Waals surface area (Å²) >= 11 is 0. The Labute approximate surface area is 152 Å². The first-order valence-electron chi connectivity index (χ1n) is 9.25. The Kier molecular flexibility index (Phi) is 4.42. The summed E-state index contributed by atoms with van der Waals surface area (Å²) in [5.41, 5.74) is 0.558. The van der Waals surface area contributed by atoms with E-state index in [2.05, 4.69) is 0 Å². The van der Waals surface area contributed by atoms with E-state index in [1.807, 2.05) is 17.1 Å². The quantitative estimate of drug-likeness (QED) is 0.843. The predicted molar refractivity (Wildman–Crippen MR) is 95.2 cm³/mol. The van der Waals surface area contributed by atoms with E-state index in [9.17, 15) is 19.1 Å². The number of allylic oxidation sites excluding steroid dienone is 2. The Morgan fingerprint density at radius 2 is 1.58 bits per heavy atom. The molecular formula is C20H23FN2O3. The molecule has 26 heavy (non-hydrogen) atoms. The number of rotatable bonds is 3. The zero-order valence-corrected chi connectivity index (χ0v) is 14.6. The molecule has 2 bridgehead atoms. The van der Waals surface area contributed by atoms with Crippen LogP contribution in [0.25, 0.3) is 0 Å². The van der Waals surface area contributed by atoms with E-state index in [1.54, 1.807) is 23.1 Å². The van der Waals surface area contributed by atoms with Crippen molar-refractivity contribution in [1.29, 1.82) is 0 Å². The van der Waals surface area contributed by atoms with Crippen LogP contribution in [0.2, 0.25) is 0 Å². The molecule has 1 aromatic carbocycles. The second-order valence-corrected chi connectivity index (χ2v) is 7.44. The minimum Gasteiger partial charge on any atom is -0.481 e. The van der Waals surface area contributed by atoms with Crippen LogP contribution in [0.4, 0.5) is 10.1 Å². The SMILES string of the molecule is O=C(O)[C@@H]1[C@H](C(=O)N2CCN(c3ccccc3F)CC2)[C@@H]2C=C[C@H]1CC2. The van der Waals surface area contributed by atoms with Gasteiger partial charge in [0.05, 0.1) is 17.5 Å². The third kappa shape index (κ3) is 2.87. The Morgan fingerprint density at radius 1 is 0.962 bits per heavy atom. The summed E-state index contributed by atoms with van der Waals surface area (Å²) < 4.78 is 14.0. The molecule has 1 heterocycles. The molecule has 1 saturated heterocycles. The number of fused-ring (bicyclic) bond motifs is 2. The van der Waals surface area contributed by atoms with E-state index in [0.29, 0.717) is 31.9 Å². The van der Waals surface area contributed by atoms with E-state index in [-0.39, 0.29) is 23.6 Å². The van der Waals surface area contributed by atoms with Crippen molar-refractivity contribution in [1.82, 2.24) is 4.90 Å². The third-order valence-electron chi connectivity index (χ3n) is 6.10. The summed E-state index contributed by atoms with van der Waals surface area (Å²) in [6.45, 7) is 2.11. The van der Waals surface area contributed by atoms with Gasteiger partial charge in [-0.1, -0.05) is 24.3 Å². The van der Waals surface area contributed by atoms with Gasteiger partial charge in [0.1, 0.15) is 5.82 Å². The summed E-state index contributed by atoms with van der Waals surface area (Å²) in [6.07, 6.45) is 5.75. The van der Waals surface area contributed by atoms with E-state index < -0.39 is 17.8 Å². The number of piperazine rings is 1. The number of carbonyl (C=O) groups excluding carboxylic acids is 1. The number of carbonyl (C=O) groups is 2. The molecule has 5 nitrogen and oxygen atoms in total. The van der Waals surface area contributed by atoms with Gasteiger partial charge in [-0.2, -0.15) is 0 Å². The molecule has 3 aliphatic carbocycles. The summed E-state index contributed by atoms with van der Waals surface area (Å²) in [5, 5.41) is 9.64. The Balaban J connectivity index is 1.46. The number of amides is 1. The highest BCUT2D eigenvalue weighted by Gasteiger charge is 2.49. The number of anilines is 1. The third-order valence-corrected chi connectivity index (χ3v) is 6.10. The number of aliphatic carboxylic acids is 1. The van der Waals surface area contributed by atoms with E-state index in [0.717, 1.165) is 12.8 Å². The number of halogens is 1. The predicted octanol–water partition coefficient (Wildman–Crippen LogP) is 2.39. The minimum absolute atomic E-state index is 0.0261. The highest BCUT2D eigenvalue weighted by atomic mass is 19.1. The lowest BCUT2D eigenvalue weighted by atomic mass is 9.62. The van der Waals surface area contributed by atoms with Crippen LogP contribution < -0.4 is 4.90 Å². The average Bonchev–Trinajstić information content (AvgIpc) is 2.68. The van der Waals surface area contributed by atoms with Gasteiger partial charge in [-0.3, -0.25) is 9.59 Å². The lowest BCUT2D eigenvalue weighted by Crippen LogP contribution is -2.55. The maximum Gasteiger partial charge on any atom is 0.307 e. The van der Waals surface area contributed by atoms with Gasteiger partial charge in [0, 0.05) is 26.2 Å². The smallest absolute Gasteiger partial charge is 0.307 e. The lowest BCUT2D eigenvalue weighted by Gasteiger charge is -2.45. The van der Waals surface area contributed by atoms with Gasteiger partial charge in [-0.15, -0.1) is 0 Å². The molecule has 0 aromatic heterocycles. The first-order valence-corrected chi connectivity index (χ1v) is 9.25. The number of hydrogen-bond acceptors (Lipinski definition) is 3. The van der Waals surface area contributed by atoms with E-state index in [1.165, 1.54) is 6.07 Å². The van der Waals surface area contributed by atoms with Crippen molar-refractivity contribution in [3.63, 3.8) is 0 Å². The Bertz CT molecular complexity index is 742. The maximum atomic E-state index is 14.0. The fourth-order valence-corrected chi connectivity index (χ4v) is 4.75. The van der Waals surface area contributed by atoms with Gasteiger partial charge in [-0.25, -0.2) is 4.39 Å². The highest BCUT2D eigenvalue weighted by molar-refractivity contribution is 5.86. The van der Waals surface area contributed by atoms with Crippen LogP contribution in [0.15, 0.2) is 36.4 Å². The molecule has 138 valence electrons. The molecule has 1 N–H and O–H groups in total. The first kappa shape index (κ1) is 17.1. The molecule has 4 atom stereocenters. The van der Waals surface area contributed by atoms with Crippen LogP contribution >= 0.6 is 0 Å². The van der Waals surface area contributed by atoms with E-state index in [4.69, 9.17) is 0 Å². The van der Waals surface area contributed by atoms with Crippen LogP contribution in [0.3, 0.4) is 0 Å². The van der Waals surface area contributed by atoms with Crippen LogP contribution in [-0.4, -0.2) is 48.1 Å². The molecule has 1 saturated carbocycles. The number of para-hydroxylation sites is 1. The summed E-state index contributed by atoms with van der Waals surface area (Å²) in [4.78, 5) is 28.6. The summed E-state index contributed by atoms with van der Waals surface area (Å²) in [7, 11) is 0. The first-order chi connectivity index (χ1) is 12.6. The molecular weight excluding hydrogens is 335 g/mol. The van der Waals surface area contributed by atoms with Crippen molar-refractivity contribution >= 4 is 17.6 Å². The van der Waals surface area contributed by atoms with Gasteiger partial charge in [0.15, 0.2) is 0 Å². The van der Waals surface area contributed by atoms with Crippen LogP contribution in [0.1, 0.15) is 12.8 Å². The number of benzene rings is 1. The highest BCUT2D eigenvalue weighted by Crippen LogP contribution is 2.45. The molecule has 0 radical (unpaired) electrons. The Morgan fingerprint density at radius 3 is 2.15 bits per heavy atom. The van der Waals surface area contributed by atoms with Crippen LogP contribution in [0, 0.1) is 29.5 Å². The second kappa shape index (κ2) is 6.74. The topological polar surface area (TPSA) is 60.9 Å². The second-order valence-electron chi connectivity index (χ2n) is 7.44. The Hall–Kier alpha value is -2.37. The number of nitrogens with zero attached hydrogens (tertiary/aromatic N) is 2. The van der Waals surface area contributed by atoms with Gasteiger partial charge in [0.2, 0.25) is 5.91 Å². The number of carboxylic acids is 1. The van der Waals surface area contributed by atoms with Crippen LogP contribution in [0.5, 0.6) is 0 Å². The molecule has 5 rings (SSSR count). The van der Waals surface area contributed by atoms with Crippen molar-refractivity contribution in [2.45, 2.75) is 12.8 Å². The standard InChI is InChI=1S/C20H23FN2O3/c21-15-3-1-2-4-16(15)22-9-11-23(12-10-22)19(24)17-13-5-7-14(8-6-13)18(17)20(25)26/h1-5,7,13-14,17-18H,6,8-12H2,(H,25,26)/t13-,14+,17-,18+/m1/s1. The van der Waals surface area contributed by atoms with Crippen molar-refractivity contribution in [2.24, 2.45) is 23.7 Å². The van der Waals surface area contributed by atoms with Gasteiger partial charge in [0.25, 0.3) is 0 Å². The molecule has 4 aliphatic rings. The van der Waals surface area contributed by atoms with Crippen LogP contribution in [-0.2, 0) is 9.59 Å². The fourth-order valence-electron chi connectivity index (χ4n) is 4.75. The molecule has 2 fully saturated rings. The van der Waals surface area contributed by atoms with Crippen molar-refractivity contribution in [3.05, 3.63) is 42.2 Å². The maximum absolute atomic E-state index is 14.0. The van der Waals surface area contributed by atoms with Gasteiger partial charge >= 0.3 is 5.97 Å². The lowest BCUT2D eigenvalue weighted by molar-refractivity contribution is -0.156. The van der Waals surface area contributed by atoms with E-state index >= 15 is 0 Å². The van der Waals surface area contributed by atoms with Crippen molar-refractivity contribution in [3.8, 4) is 0 Å². The van der Waals surface area contributed by atoms with Crippen molar-refractivity contribution in [2.75, 3.05) is 31.1 Å². The molecule has 1 aliphatic heterocycles. The van der Waals surface area contributed by atoms with Crippen molar-refractivity contribution < 1.29 is 19.1 Å². The minimum atomic E-state index is -0.868. The number of carboxylic acid groups (broad SMARTS) is 1. The zero-order valence-electron chi connectivity index (χ0n) is 14.6. The normalized spacial score (nSPS) is 30.5. The largest absolute Gasteiger partial charge is 0.481 e. The summed E-state index contributed by atoms with van der Waals surface area (Å²) in [6, 6.07) is 6.66. The number of hydrogen-bond donors (Lipinski definition) is 1.